The third-order valence-electron chi connectivity index (χ3n) is 2.80. The number of carbonyl (C=O) groups excluding carboxylic acids is 2. The number of thiophene rings is 1. The first kappa shape index (κ1) is 14.3. The molecule has 0 aliphatic carbocycles. The van der Waals surface area contributed by atoms with Crippen LogP contribution in [0, 0.1) is 13.8 Å². The van der Waals surface area contributed by atoms with E-state index in [0.29, 0.717) is 10.6 Å². The molecule has 2 aromatic heterocycles. The Kier molecular flexibility index (Phi) is 4.19. The minimum atomic E-state index is -0.393. The van der Waals surface area contributed by atoms with Crippen LogP contribution in [0.3, 0.4) is 0 Å². The second-order valence-electron chi connectivity index (χ2n) is 4.31. The molecule has 7 heteroatoms. The summed E-state index contributed by atoms with van der Waals surface area (Å²) in [6.45, 7) is 3.96. The van der Waals surface area contributed by atoms with Gasteiger partial charge in [-0.05, 0) is 25.5 Å². The summed E-state index contributed by atoms with van der Waals surface area (Å²) in [6, 6.07) is 1.86. The first-order valence-electron chi connectivity index (χ1n) is 5.97. The summed E-state index contributed by atoms with van der Waals surface area (Å²) in [5.41, 5.74) is 1.64. The second kappa shape index (κ2) is 5.87. The number of hydrogen-bond donors (Lipinski definition) is 1. The first-order chi connectivity index (χ1) is 9.49. The number of hydrogen-bond acceptors (Lipinski definition) is 5. The molecule has 0 aliphatic rings. The number of amides is 1. The Morgan fingerprint density at radius 2 is 2.20 bits per heavy atom. The monoisotopic (exact) mass is 293 g/mol. The van der Waals surface area contributed by atoms with E-state index < -0.39 is 5.97 Å². The molecule has 6 nitrogen and oxygen atoms in total. The van der Waals surface area contributed by atoms with Gasteiger partial charge in [-0.1, -0.05) is 0 Å². The van der Waals surface area contributed by atoms with E-state index in [4.69, 9.17) is 0 Å². The van der Waals surface area contributed by atoms with Crippen LogP contribution < -0.4 is 5.32 Å². The normalized spacial score (nSPS) is 10.3. The number of methoxy groups -OCH3 is 1. The highest BCUT2D eigenvalue weighted by Crippen LogP contribution is 2.21. The van der Waals surface area contributed by atoms with Crippen LogP contribution in [0.4, 0.5) is 5.69 Å². The molecular weight excluding hydrogens is 278 g/mol. The zero-order valence-corrected chi connectivity index (χ0v) is 12.3. The van der Waals surface area contributed by atoms with Gasteiger partial charge in [0.15, 0.2) is 0 Å². The minimum Gasteiger partial charge on any atom is -0.468 e. The Hall–Kier alpha value is -2.15. The van der Waals surface area contributed by atoms with E-state index in [9.17, 15) is 9.59 Å². The lowest BCUT2D eigenvalue weighted by Crippen LogP contribution is -2.12. The summed E-state index contributed by atoms with van der Waals surface area (Å²) in [5.74, 6) is -0.570. The Labute approximate surface area is 120 Å². The Morgan fingerprint density at radius 3 is 2.80 bits per heavy atom. The predicted molar refractivity (Wildman–Crippen MR) is 76.0 cm³/mol. The van der Waals surface area contributed by atoms with Crippen LogP contribution in [0.2, 0.25) is 0 Å². The summed E-state index contributed by atoms with van der Waals surface area (Å²) in [5, 5.41) is 6.72. The van der Waals surface area contributed by atoms with Crippen molar-refractivity contribution in [1.29, 1.82) is 0 Å². The number of anilines is 1. The van der Waals surface area contributed by atoms with Crippen molar-refractivity contribution < 1.29 is 14.3 Å². The smallest absolute Gasteiger partial charge is 0.327 e. The number of nitrogens with zero attached hydrogens (tertiary/aromatic N) is 2. The van der Waals surface area contributed by atoms with Crippen molar-refractivity contribution in [2.45, 2.75) is 20.4 Å². The standard InChI is InChI=1S/C13H15N3O3S/c1-8-4-11(20-9(8)2)13(18)15-10-5-14-16(6-10)7-12(17)19-3/h4-6H,7H2,1-3H3,(H,15,18). The summed E-state index contributed by atoms with van der Waals surface area (Å²) in [7, 11) is 1.32. The van der Waals surface area contributed by atoms with E-state index in [0.717, 1.165) is 10.4 Å². The average Bonchev–Trinajstić information content (AvgIpc) is 2.97. The van der Waals surface area contributed by atoms with Crippen LogP contribution in [-0.2, 0) is 16.1 Å². The third-order valence-corrected chi connectivity index (χ3v) is 3.95. The van der Waals surface area contributed by atoms with Gasteiger partial charge in [0.2, 0.25) is 0 Å². The maximum absolute atomic E-state index is 12.0. The van der Waals surface area contributed by atoms with Crippen LogP contribution in [0.15, 0.2) is 18.5 Å². The molecule has 0 atom stereocenters. The van der Waals surface area contributed by atoms with Crippen molar-refractivity contribution in [2.24, 2.45) is 0 Å². The van der Waals surface area contributed by atoms with Gasteiger partial charge in [-0.25, -0.2) is 0 Å². The maximum Gasteiger partial charge on any atom is 0.327 e. The van der Waals surface area contributed by atoms with E-state index in [1.807, 2.05) is 19.9 Å². The maximum atomic E-state index is 12.0. The molecule has 0 saturated carbocycles. The quantitative estimate of drug-likeness (QED) is 0.875. The molecule has 0 unspecified atom stereocenters. The lowest BCUT2D eigenvalue weighted by Gasteiger charge is -2.00. The molecule has 0 spiro atoms. The number of aromatic nitrogens is 2. The molecule has 2 aromatic rings. The SMILES string of the molecule is COC(=O)Cn1cc(NC(=O)c2cc(C)c(C)s2)cn1. The molecule has 1 amide bonds. The average molecular weight is 293 g/mol. The lowest BCUT2D eigenvalue weighted by atomic mass is 10.3. The van der Waals surface area contributed by atoms with Gasteiger partial charge in [0.25, 0.3) is 5.91 Å². The Balaban J connectivity index is 2.03. The number of nitrogens with one attached hydrogen (secondary N) is 1. The van der Waals surface area contributed by atoms with Gasteiger partial charge in [0.1, 0.15) is 6.54 Å². The molecule has 0 fully saturated rings. The molecule has 0 aromatic carbocycles. The summed E-state index contributed by atoms with van der Waals surface area (Å²) in [4.78, 5) is 24.9. The Bertz CT molecular complexity index is 626. The van der Waals surface area contributed by atoms with Crippen molar-refractivity contribution in [3.8, 4) is 0 Å². The van der Waals surface area contributed by atoms with Crippen LogP contribution in [-0.4, -0.2) is 28.8 Å². The van der Waals surface area contributed by atoms with Gasteiger partial charge in [-0.15, -0.1) is 11.3 Å². The van der Waals surface area contributed by atoms with Crippen molar-refractivity contribution in [3.05, 3.63) is 33.8 Å². The third kappa shape index (κ3) is 3.24. The van der Waals surface area contributed by atoms with E-state index in [2.05, 4.69) is 15.2 Å². The highest BCUT2D eigenvalue weighted by Gasteiger charge is 2.12. The van der Waals surface area contributed by atoms with Gasteiger partial charge >= 0.3 is 5.97 Å². The highest BCUT2D eigenvalue weighted by atomic mass is 32.1. The van der Waals surface area contributed by atoms with Crippen LogP contribution in [0.1, 0.15) is 20.1 Å². The number of rotatable bonds is 4. The van der Waals surface area contributed by atoms with Crippen LogP contribution >= 0.6 is 11.3 Å². The van der Waals surface area contributed by atoms with E-state index in [1.165, 1.54) is 29.3 Å². The zero-order chi connectivity index (χ0) is 14.7. The van der Waals surface area contributed by atoms with Crippen molar-refractivity contribution >= 4 is 28.9 Å². The zero-order valence-electron chi connectivity index (χ0n) is 11.5. The topological polar surface area (TPSA) is 73.2 Å². The van der Waals surface area contributed by atoms with Gasteiger partial charge in [0.05, 0.1) is 23.9 Å². The van der Waals surface area contributed by atoms with Crippen LogP contribution in [0.25, 0.3) is 0 Å². The molecule has 0 saturated heterocycles. The fraction of sp³-hybridized carbons (Fsp3) is 0.308. The molecule has 20 heavy (non-hydrogen) atoms. The first-order valence-corrected chi connectivity index (χ1v) is 6.79. The van der Waals surface area contributed by atoms with Gasteiger partial charge in [0, 0.05) is 11.1 Å². The van der Waals surface area contributed by atoms with E-state index in [-0.39, 0.29) is 12.5 Å². The summed E-state index contributed by atoms with van der Waals surface area (Å²) < 4.78 is 5.95. The molecule has 106 valence electrons. The molecule has 1 N–H and O–H groups in total. The molecule has 0 bridgehead atoms. The Morgan fingerprint density at radius 1 is 1.45 bits per heavy atom. The molecule has 2 rings (SSSR count). The van der Waals surface area contributed by atoms with Crippen molar-refractivity contribution in [1.82, 2.24) is 9.78 Å². The molecule has 0 radical (unpaired) electrons. The van der Waals surface area contributed by atoms with E-state index in [1.54, 1.807) is 6.20 Å². The number of aryl methyl sites for hydroxylation is 2. The number of esters is 1. The fourth-order valence-corrected chi connectivity index (χ4v) is 2.52. The van der Waals surface area contributed by atoms with Crippen molar-refractivity contribution in [2.75, 3.05) is 12.4 Å². The summed E-state index contributed by atoms with van der Waals surface area (Å²) in [6.07, 6.45) is 3.08. The second-order valence-corrected chi connectivity index (χ2v) is 5.56. The fourth-order valence-electron chi connectivity index (χ4n) is 1.59. The molecular formula is C13H15N3O3S. The molecule has 2 heterocycles. The van der Waals surface area contributed by atoms with Crippen LogP contribution in [0.5, 0.6) is 0 Å². The lowest BCUT2D eigenvalue weighted by molar-refractivity contribution is -0.141. The largest absolute Gasteiger partial charge is 0.468 e. The van der Waals surface area contributed by atoms with Gasteiger partial charge < -0.3 is 10.1 Å². The van der Waals surface area contributed by atoms with Gasteiger partial charge in [-0.2, -0.15) is 5.10 Å². The van der Waals surface area contributed by atoms with Gasteiger partial charge in [-0.3, -0.25) is 14.3 Å². The highest BCUT2D eigenvalue weighted by molar-refractivity contribution is 7.14. The predicted octanol–water partition coefficient (Wildman–Crippen LogP) is 1.99. The number of carbonyl (C=O) groups is 2. The molecule has 0 aliphatic heterocycles. The number of ether oxygens (including phenoxy) is 1. The van der Waals surface area contributed by atoms with E-state index >= 15 is 0 Å². The minimum absolute atomic E-state index is 0.0174. The van der Waals surface area contributed by atoms with Crippen molar-refractivity contribution in [3.63, 3.8) is 0 Å². The summed E-state index contributed by atoms with van der Waals surface area (Å²) >= 11 is 1.45.